The number of carbonyl (C=O) groups excluding carboxylic acids is 1. The van der Waals surface area contributed by atoms with E-state index in [1.54, 1.807) is 12.1 Å². The molecule has 0 radical (unpaired) electrons. The van der Waals surface area contributed by atoms with Gasteiger partial charge in [0.1, 0.15) is 18.4 Å². The highest BCUT2D eigenvalue weighted by atomic mass is 19.4. The minimum absolute atomic E-state index is 0.0147. The molecule has 33 heavy (non-hydrogen) atoms. The Morgan fingerprint density at radius 3 is 2.52 bits per heavy atom. The third kappa shape index (κ3) is 6.21. The number of halogens is 3. The third-order valence-corrected chi connectivity index (χ3v) is 6.09. The molecule has 3 rings (SSSR count). The summed E-state index contributed by atoms with van der Waals surface area (Å²) in [7, 11) is 1.50. The van der Waals surface area contributed by atoms with E-state index in [4.69, 9.17) is 21.1 Å². The van der Waals surface area contributed by atoms with Gasteiger partial charge in [-0.05, 0) is 57.6 Å². The lowest BCUT2D eigenvalue weighted by Crippen LogP contribution is -2.45. The lowest BCUT2D eigenvalue weighted by atomic mass is 9.98. The molecule has 1 unspecified atom stereocenters. The van der Waals surface area contributed by atoms with Gasteiger partial charge in [-0.15, -0.1) is 0 Å². The van der Waals surface area contributed by atoms with E-state index in [1.165, 1.54) is 13.5 Å². The summed E-state index contributed by atoms with van der Waals surface area (Å²) < 4.78 is 50.7. The molecule has 1 saturated carbocycles. The van der Waals surface area contributed by atoms with E-state index in [0.717, 1.165) is 30.7 Å². The van der Waals surface area contributed by atoms with Gasteiger partial charge in [-0.2, -0.15) is 13.2 Å². The topological polar surface area (TPSA) is 107 Å². The summed E-state index contributed by atoms with van der Waals surface area (Å²) >= 11 is 0. The van der Waals surface area contributed by atoms with Crippen LogP contribution < -0.4 is 16.3 Å². The number of amides is 1. The molecule has 184 valence electrons. The maximum Gasteiger partial charge on any atom is 0.410 e. The lowest BCUT2D eigenvalue weighted by molar-refractivity contribution is -0.171. The molecule has 0 bridgehead atoms. The van der Waals surface area contributed by atoms with Crippen molar-refractivity contribution >= 4 is 11.8 Å². The highest BCUT2D eigenvalue weighted by Crippen LogP contribution is 2.33. The van der Waals surface area contributed by atoms with Gasteiger partial charge in [0.25, 0.3) is 0 Å². The first kappa shape index (κ1) is 24.9. The van der Waals surface area contributed by atoms with Gasteiger partial charge in [0, 0.05) is 13.6 Å². The Kier molecular flexibility index (Phi) is 7.93. The van der Waals surface area contributed by atoms with Gasteiger partial charge in [-0.3, -0.25) is 4.90 Å². The molecule has 1 saturated heterocycles. The molecule has 0 spiro atoms. The zero-order chi connectivity index (χ0) is 24.2. The van der Waals surface area contributed by atoms with Gasteiger partial charge in [0.05, 0.1) is 28.9 Å². The fraction of sp³-hybridized carbons (Fsp3) is 0.636. The second kappa shape index (κ2) is 10.5. The van der Waals surface area contributed by atoms with Crippen LogP contribution in [0.4, 0.5) is 18.0 Å². The van der Waals surface area contributed by atoms with E-state index in [-0.39, 0.29) is 43.5 Å². The van der Waals surface area contributed by atoms with Crippen LogP contribution in [0.15, 0.2) is 17.8 Å². The number of likely N-dealkylation sites (N-methyl/N-ethyl adjacent to an activating group) is 1. The molecular weight excluding hydrogens is 439 g/mol. The van der Waals surface area contributed by atoms with Crippen LogP contribution in [0.1, 0.15) is 56.3 Å². The standard InChI is InChI=1S/C22H32F3N5O3/c1-14-18(33-15-7-4-3-5-8-15)11-10-16(28-14)20(26)17(29(2)27)13-32-21(31)30-12-6-9-19(30)22(23,24)25/h10-11,15,19H,3-9,12-13,26-27H2,1-2H3/b20-17-. The zero-order valence-electron chi connectivity index (χ0n) is 19.0. The molecule has 8 nitrogen and oxygen atoms in total. The number of aryl methyl sites for hydroxylation is 1. The fourth-order valence-electron chi connectivity index (χ4n) is 4.24. The first-order valence-corrected chi connectivity index (χ1v) is 11.2. The highest BCUT2D eigenvalue weighted by molar-refractivity contribution is 5.70. The maximum absolute atomic E-state index is 13.1. The van der Waals surface area contributed by atoms with Crippen LogP contribution in [0, 0.1) is 6.92 Å². The van der Waals surface area contributed by atoms with Crippen LogP contribution in [0.3, 0.4) is 0 Å². The summed E-state index contributed by atoms with van der Waals surface area (Å²) in [5.41, 5.74) is 7.69. The smallest absolute Gasteiger partial charge is 0.410 e. The normalized spacial score (nSPS) is 20.4. The van der Waals surface area contributed by atoms with Gasteiger partial charge in [-0.1, -0.05) is 6.42 Å². The van der Waals surface area contributed by atoms with Gasteiger partial charge < -0.3 is 20.2 Å². The largest absolute Gasteiger partial charge is 0.489 e. The third-order valence-electron chi connectivity index (χ3n) is 6.09. The van der Waals surface area contributed by atoms with Crippen LogP contribution in [-0.4, -0.2) is 59.5 Å². The van der Waals surface area contributed by atoms with Crippen molar-refractivity contribution in [1.29, 1.82) is 0 Å². The zero-order valence-corrected chi connectivity index (χ0v) is 19.0. The summed E-state index contributed by atoms with van der Waals surface area (Å²) in [6, 6.07) is 1.63. The minimum Gasteiger partial charge on any atom is -0.489 e. The van der Waals surface area contributed by atoms with Crippen molar-refractivity contribution < 1.29 is 27.4 Å². The number of hydrazine groups is 1. The molecule has 1 aromatic rings. The van der Waals surface area contributed by atoms with Crippen molar-refractivity contribution in [2.24, 2.45) is 11.6 Å². The summed E-state index contributed by atoms with van der Waals surface area (Å²) in [6.45, 7) is 1.41. The van der Waals surface area contributed by atoms with Crippen molar-refractivity contribution in [2.45, 2.75) is 70.2 Å². The monoisotopic (exact) mass is 471 g/mol. The molecule has 4 N–H and O–H groups in total. The van der Waals surface area contributed by atoms with Crippen LogP contribution in [-0.2, 0) is 4.74 Å². The molecule has 2 fully saturated rings. The number of ether oxygens (including phenoxy) is 2. The average Bonchev–Trinajstić information content (AvgIpc) is 3.26. The van der Waals surface area contributed by atoms with Crippen molar-refractivity contribution in [3.63, 3.8) is 0 Å². The quantitative estimate of drug-likeness (QED) is 0.481. The molecule has 1 aromatic heterocycles. The number of nitrogens with zero attached hydrogens (tertiary/aromatic N) is 3. The maximum atomic E-state index is 13.1. The van der Waals surface area contributed by atoms with E-state index in [9.17, 15) is 18.0 Å². The van der Waals surface area contributed by atoms with E-state index >= 15 is 0 Å². The number of hydrogen-bond acceptors (Lipinski definition) is 7. The number of carbonyl (C=O) groups is 1. The van der Waals surface area contributed by atoms with Gasteiger partial charge in [0.2, 0.25) is 0 Å². The van der Waals surface area contributed by atoms with E-state index < -0.39 is 18.3 Å². The van der Waals surface area contributed by atoms with Crippen LogP contribution in [0.2, 0.25) is 0 Å². The molecular formula is C22H32F3N5O3. The van der Waals surface area contributed by atoms with Crippen molar-refractivity contribution in [3.05, 3.63) is 29.2 Å². The van der Waals surface area contributed by atoms with Crippen molar-refractivity contribution in [2.75, 3.05) is 20.2 Å². The van der Waals surface area contributed by atoms with Gasteiger partial charge in [-0.25, -0.2) is 15.6 Å². The summed E-state index contributed by atoms with van der Waals surface area (Å²) in [6.07, 6.45) is 0.307. The van der Waals surface area contributed by atoms with Crippen molar-refractivity contribution in [3.8, 4) is 5.75 Å². The van der Waals surface area contributed by atoms with Gasteiger partial charge in [0.15, 0.2) is 0 Å². The summed E-state index contributed by atoms with van der Waals surface area (Å²) in [5.74, 6) is 6.54. The first-order chi connectivity index (χ1) is 15.6. The Balaban J connectivity index is 1.70. The molecule has 11 heteroatoms. The average molecular weight is 472 g/mol. The first-order valence-electron chi connectivity index (χ1n) is 11.2. The molecule has 2 heterocycles. The Labute approximate surface area is 191 Å². The van der Waals surface area contributed by atoms with Crippen LogP contribution in [0.5, 0.6) is 5.75 Å². The van der Waals surface area contributed by atoms with E-state index in [2.05, 4.69) is 4.98 Å². The second-order valence-corrected chi connectivity index (χ2v) is 8.58. The minimum atomic E-state index is -4.50. The number of alkyl halides is 3. The van der Waals surface area contributed by atoms with Crippen LogP contribution >= 0.6 is 0 Å². The lowest BCUT2D eigenvalue weighted by Gasteiger charge is -2.27. The van der Waals surface area contributed by atoms with E-state index in [0.29, 0.717) is 22.0 Å². The molecule has 2 aliphatic rings. The van der Waals surface area contributed by atoms with Gasteiger partial charge >= 0.3 is 12.3 Å². The number of pyridine rings is 1. The predicted molar refractivity (Wildman–Crippen MR) is 117 cm³/mol. The second-order valence-electron chi connectivity index (χ2n) is 8.58. The highest BCUT2D eigenvalue weighted by Gasteiger charge is 2.48. The number of hydrogen-bond donors (Lipinski definition) is 2. The Morgan fingerprint density at radius 2 is 1.91 bits per heavy atom. The molecule has 1 atom stereocenters. The number of aromatic nitrogens is 1. The number of nitrogens with two attached hydrogens (primary N) is 2. The van der Waals surface area contributed by atoms with Crippen molar-refractivity contribution in [1.82, 2.24) is 14.9 Å². The SMILES string of the molecule is Cc1nc(/C(N)=C(\COC(=O)N2CCCC2C(F)(F)F)N(C)N)ccc1OC1CCCCC1. The summed E-state index contributed by atoms with van der Waals surface area (Å²) in [4.78, 5) is 17.5. The van der Waals surface area contributed by atoms with E-state index in [1.807, 2.05) is 6.92 Å². The Morgan fingerprint density at radius 1 is 1.21 bits per heavy atom. The predicted octanol–water partition coefficient (Wildman–Crippen LogP) is 3.70. The fourth-order valence-corrected chi connectivity index (χ4v) is 4.24. The molecule has 1 aliphatic carbocycles. The Hall–Kier alpha value is -2.69. The number of likely N-dealkylation sites (tertiary alicyclic amines) is 1. The molecule has 0 aromatic carbocycles. The number of rotatable bonds is 6. The van der Waals surface area contributed by atoms with Crippen LogP contribution in [0.25, 0.3) is 5.70 Å². The Bertz CT molecular complexity index is 869. The summed E-state index contributed by atoms with van der Waals surface area (Å²) in [5, 5.41) is 1.16. The molecule has 1 amide bonds. The molecule has 1 aliphatic heterocycles.